The molecule has 4 rings (SSSR count). The van der Waals surface area contributed by atoms with E-state index in [2.05, 4.69) is 15.5 Å². The van der Waals surface area contributed by atoms with Crippen LogP contribution in [0.4, 0.5) is 6.01 Å². The van der Waals surface area contributed by atoms with Crippen molar-refractivity contribution in [1.82, 2.24) is 10.2 Å². The van der Waals surface area contributed by atoms with Crippen molar-refractivity contribution in [2.75, 3.05) is 18.4 Å². The molecule has 3 aromatic rings. The lowest BCUT2D eigenvalue weighted by atomic mass is 10.1. The Kier molecular flexibility index (Phi) is 4.47. The number of aromatic nitrogens is 2. The second-order valence-corrected chi connectivity index (χ2v) is 8.14. The zero-order chi connectivity index (χ0) is 19.7. The summed E-state index contributed by atoms with van der Waals surface area (Å²) in [6, 6.07) is 11.3. The van der Waals surface area contributed by atoms with Gasteiger partial charge in [0.15, 0.2) is 21.3 Å². The van der Waals surface area contributed by atoms with E-state index in [1.54, 1.807) is 30.3 Å². The van der Waals surface area contributed by atoms with Crippen molar-refractivity contribution in [2.45, 2.75) is 11.3 Å². The fourth-order valence-electron chi connectivity index (χ4n) is 2.62. The summed E-state index contributed by atoms with van der Waals surface area (Å²) in [4.78, 5) is 12.4. The van der Waals surface area contributed by atoms with Gasteiger partial charge in [0.1, 0.15) is 0 Å². The van der Waals surface area contributed by atoms with Crippen LogP contribution in [0.2, 0.25) is 0 Å². The molecule has 0 saturated carbocycles. The average Bonchev–Trinajstić information content (AvgIpc) is 3.29. The summed E-state index contributed by atoms with van der Waals surface area (Å²) in [7, 11) is -3.27. The fourth-order valence-corrected chi connectivity index (χ4v) is 3.25. The third-order valence-electron chi connectivity index (χ3n) is 4.01. The second kappa shape index (κ2) is 6.97. The third kappa shape index (κ3) is 3.81. The van der Waals surface area contributed by atoms with E-state index < -0.39 is 9.84 Å². The topological polar surface area (TPSA) is 121 Å². The Morgan fingerprint density at radius 1 is 1.07 bits per heavy atom. The number of carbonyl (C=O) groups excluding carboxylic acids is 1. The van der Waals surface area contributed by atoms with Gasteiger partial charge in [0, 0.05) is 11.8 Å². The number of rotatable bonds is 5. The molecule has 1 amide bonds. The molecule has 28 heavy (non-hydrogen) atoms. The number of sulfone groups is 1. The minimum Gasteiger partial charge on any atom is -0.454 e. The molecule has 1 aliphatic heterocycles. The van der Waals surface area contributed by atoms with Crippen LogP contribution < -0.4 is 14.8 Å². The number of carbonyl (C=O) groups is 1. The summed E-state index contributed by atoms with van der Waals surface area (Å²) in [6.45, 7) is 0.162. The van der Waals surface area contributed by atoms with Gasteiger partial charge >= 0.3 is 6.01 Å². The highest BCUT2D eigenvalue weighted by atomic mass is 32.2. The van der Waals surface area contributed by atoms with Gasteiger partial charge in [-0.15, -0.1) is 5.10 Å². The molecule has 0 spiro atoms. The lowest BCUT2D eigenvalue weighted by Gasteiger charge is -2.03. The zero-order valence-corrected chi connectivity index (χ0v) is 15.5. The molecule has 1 aliphatic rings. The molecule has 0 fully saturated rings. The van der Waals surface area contributed by atoms with Gasteiger partial charge in [-0.25, -0.2) is 8.42 Å². The number of hydrogen-bond acceptors (Lipinski definition) is 8. The van der Waals surface area contributed by atoms with Gasteiger partial charge < -0.3 is 13.9 Å². The highest BCUT2D eigenvalue weighted by Crippen LogP contribution is 2.35. The molecule has 0 bridgehead atoms. The first-order valence-corrected chi connectivity index (χ1v) is 10.1. The number of nitrogens with zero attached hydrogens (tertiary/aromatic N) is 2. The Balaban J connectivity index is 1.42. The lowest BCUT2D eigenvalue weighted by molar-refractivity contribution is -0.115. The summed E-state index contributed by atoms with van der Waals surface area (Å²) in [5.74, 6) is 1.08. The smallest absolute Gasteiger partial charge is 0.322 e. The van der Waals surface area contributed by atoms with E-state index in [9.17, 15) is 13.2 Å². The normalized spacial score (nSPS) is 12.8. The molecule has 1 aromatic heterocycles. The Morgan fingerprint density at radius 2 is 1.82 bits per heavy atom. The maximum absolute atomic E-state index is 12.2. The minimum atomic E-state index is -3.27. The number of anilines is 1. The van der Waals surface area contributed by atoms with Crippen LogP contribution in [0.15, 0.2) is 51.8 Å². The van der Waals surface area contributed by atoms with Gasteiger partial charge in [-0.1, -0.05) is 17.2 Å². The molecular weight excluding hydrogens is 386 g/mol. The van der Waals surface area contributed by atoms with Gasteiger partial charge in [0.25, 0.3) is 0 Å². The van der Waals surface area contributed by atoms with Crippen LogP contribution in [0.25, 0.3) is 11.5 Å². The number of benzene rings is 2. The van der Waals surface area contributed by atoms with Crippen LogP contribution >= 0.6 is 0 Å². The Hall–Kier alpha value is -3.40. The molecule has 9 nitrogen and oxygen atoms in total. The molecule has 1 N–H and O–H groups in total. The standard InChI is InChI=1S/C18H15N3O6S/c1-28(23,24)13-5-2-11(3-6-13)8-16(22)19-18-21-20-17(27-18)12-4-7-14-15(9-12)26-10-25-14/h2-7,9H,8,10H2,1H3,(H,19,21,22). The van der Waals surface area contributed by atoms with Crippen LogP contribution in [-0.4, -0.2) is 37.6 Å². The monoisotopic (exact) mass is 401 g/mol. The van der Waals surface area contributed by atoms with Gasteiger partial charge in [0.2, 0.25) is 18.6 Å². The van der Waals surface area contributed by atoms with Gasteiger partial charge in [0.05, 0.1) is 11.3 Å². The van der Waals surface area contributed by atoms with E-state index in [4.69, 9.17) is 13.9 Å². The van der Waals surface area contributed by atoms with Crippen molar-refractivity contribution < 1.29 is 27.1 Å². The van der Waals surface area contributed by atoms with Crippen LogP contribution in [0.3, 0.4) is 0 Å². The largest absolute Gasteiger partial charge is 0.454 e. The summed E-state index contributed by atoms with van der Waals surface area (Å²) in [6.07, 6.45) is 1.16. The Labute approximate surface area is 160 Å². The van der Waals surface area contributed by atoms with E-state index in [0.29, 0.717) is 22.6 Å². The van der Waals surface area contributed by atoms with E-state index in [0.717, 1.165) is 6.26 Å². The highest BCUT2D eigenvalue weighted by Gasteiger charge is 2.17. The number of fused-ring (bicyclic) bond motifs is 1. The van der Waals surface area contributed by atoms with Crippen LogP contribution in [-0.2, 0) is 21.1 Å². The maximum Gasteiger partial charge on any atom is 0.322 e. The predicted molar refractivity (Wildman–Crippen MR) is 97.7 cm³/mol. The molecule has 0 saturated heterocycles. The van der Waals surface area contributed by atoms with E-state index in [-0.39, 0.29) is 35.9 Å². The lowest BCUT2D eigenvalue weighted by Crippen LogP contribution is -2.14. The van der Waals surface area contributed by atoms with Crippen molar-refractivity contribution >= 4 is 21.8 Å². The highest BCUT2D eigenvalue weighted by molar-refractivity contribution is 7.90. The quantitative estimate of drug-likeness (QED) is 0.690. The second-order valence-electron chi connectivity index (χ2n) is 6.12. The van der Waals surface area contributed by atoms with Gasteiger partial charge in [-0.3, -0.25) is 10.1 Å². The van der Waals surface area contributed by atoms with E-state index in [1.165, 1.54) is 12.1 Å². The van der Waals surface area contributed by atoms with Crippen LogP contribution in [0.5, 0.6) is 11.5 Å². The third-order valence-corrected chi connectivity index (χ3v) is 5.14. The van der Waals surface area contributed by atoms with Crippen LogP contribution in [0.1, 0.15) is 5.56 Å². The van der Waals surface area contributed by atoms with Crippen molar-refractivity contribution in [3.8, 4) is 23.0 Å². The van der Waals surface area contributed by atoms with Crippen molar-refractivity contribution in [3.63, 3.8) is 0 Å². The summed E-state index contributed by atoms with van der Waals surface area (Å²) in [5, 5.41) is 10.3. The van der Waals surface area contributed by atoms with Crippen molar-refractivity contribution in [1.29, 1.82) is 0 Å². The minimum absolute atomic E-state index is 0.0335. The number of amides is 1. The first-order valence-electron chi connectivity index (χ1n) is 8.21. The first kappa shape index (κ1) is 18.0. The Morgan fingerprint density at radius 3 is 2.57 bits per heavy atom. The van der Waals surface area contributed by atoms with Gasteiger partial charge in [-0.05, 0) is 35.9 Å². The summed E-state index contributed by atoms with van der Waals surface area (Å²) < 4.78 is 39.0. The maximum atomic E-state index is 12.2. The number of nitrogens with one attached hydrogen (secondary N) is 1. The molecule has 144 valence electrons. The average molecular weight is 401 g/mol. The van der Waals surface area contributed by atoms with Crippen molar-refractivity contribution in [3.05, 3.63) is 48.0 Å². The number of hydrogen-bond donors (Lipinski definition) is 1. The number of ether oxygens (including phenoxy) is 2. The predicted octanol–water partition coefficient (Wildman–Crippen LogP) is 2.05. The SMILES string of the molecule is CS(=O)(=O)c1ccc(CC(=O)Nc2nnc(-c3ccc4c(c3)OCO4)o2)cc1. The molecule has 0 radical (unpaired) electrons. The fraction of sp³-hybridized carbons (Fsp3) is 0.167. The molecule has 0 unspecified atom stereocenters. The molecule has 0 aliphatic carbocycles. The first-order chi connectivity index (χ1) is 13.4. The van der Waals surface area contributed by atoms with Crippen molar-refractivity contribution in [2.24, 2.45) is 0 Å². The van der Waals surface area contributed by atoms with E-state index >= 15 is 0 Å². The zero-order valence-electron chi connectivity index (χ0n) is 14.7. The molecule has 2 heterocycles. The van der Waals surface area contributed by atoms with Gasteiger partial charge in [-0.2, -0.15) is 0 Å². The molecule has 0 atom stereocenters. The Bertz CT molecular complexity index is 1140. The molecule has 10 heteroatoms. The van der Waals surface area contributed by atoms with Crippen LogP contribution in [0, 0.1) is 0 Å². The molecule has 2 aromatic carbocycles. The summed E-state index contributed by atoms with van der Waals surface area (Å²) in [5.41, 5.74) is 1.29. The summed E-state index contributed by atoms with van der Waals surface area (Å²) >= 11 is 0. The molecular formula is C18H15N3O6S. The van der Waals surface area contributed by atoms with E-state index in [1.807, 2.05) is 0 Å².